The van der Waals surface area contributed by atoms with E-state index in [1.165, 1.54) is 5.56 Å². The van der Waals surface area contributed by atoms with Gasteiger partial charge in [-0.05, 0) is 75.4 Å². The first-order chi connectivity index (χ1) is 18.2. The molecule has 0 bridgehead atoms. The predicted octanol–water partition coefficient (Wildman–Crippen LogP) is 6.17. The number of pyridine rings is 1. The molecule has 37 heavy (non-hydrogen) atoms. The van der Waals surface area contributed by atoms with Crippen LogP contribution in [0.4, 0.5) is 17.2 Å². The molecule has 0 radical (unpaired) electrons. The van der Waals surface area contributed by atoms with Crippen molar-refractivity contribution in [2.45, 2.75) is 58.2 Å². The maximum absolute atomic E-state index is 10.1. The number of hydrogen-bond donors (Lipinski definition) is 3. The zero-order valence-electron chi connectivity index (χ0n) is 21.5. The topological polar surface area (TPSA) is 86.4 Å². The second-order valence-electron chi connectivity index (χ2n) is 9.61. The van der Waals surface area contributed by atoms with Crippen molar-refractivity contribution in [2.75, 3.05) is 17.2 Å². The summed E-state index contributed by atoms with van der Waals surface area (Å²) in [5.74, 6) is 1.69. The van der Waals surface area contributed by atoms with Gasteiger partial charge in [-0.15, -0.1) is 0 Å². The summed E-state index contributed by atoms with van der Waals surface area (Å²) in [4.78, 5) is 0. The minimum atomic E-state index is 0.323. The smallest absolute Gasteiger partial charge is 0.137 e. The maximum atomic E-state index is 10.1. The molecule has 190 valence electrons. The van der Waals surface area contributed by atoms with Gasteiger partial charge >= 0.3 is 0 Å². The fourth-order valence-corrected chi connectivity index (χ4v) is 5.15. The average Bonchev–Trinajstić information content (AvgIpc) is 3.42. The number of nitriles is 1. The third-order valence-electron chi connectivity index (χ3n) is 7.14. The highest BCUT2D eigenvalue weighted by molar-refractivity contribution is 5.82. The van der Waals surface area contributed by atoms with Crippen molar-refractivity contribution < 1.29 is 4.74 Å². The van der Waals surface area contributed by atoms with E-state index in [-0.39, 0.29) is 0 Å². The molecule has 7 heteroatoms. The van der Waals surface area contributed by atoms with Gasteiger partial charge in [0.15, 0.2) is 0 Å². The van der Waals surface area contributed by atoms with Crippen LogP contribution in [0.5, 0.6) is 5.75 Å². The minimum Gasteiger partial charge on any atom is -0.494 e. The quantitative estimate of drug-likeness (QED) is 0.258. The highest BCUT2D eigenvalue weighted by atomic mass is 16.5. The van der Waals surface area contributed by atoms with Crippen LogP contribution in [0.1, 0.15) is 49.3 Å². The number of anilines is 3. The Hall–Kier alpha value is -4.02. The number of nitrogens with one attached hydrogen (secondary N) is 3. The molecule has 0 unspecified atom stereocenters. The van der Waals surface area contributed by atoms with Gasteiger partial charge in [0.2, 0.25) is 0 Å². The Balaban J connectivity index is 1.32. The van der Waals surface area contributed by atoms with E-state index in [4.69, 9.17) is 4.74 Å². The van der Waals surface area contributed by atoms with Gasteiger partial charge in [-0.3, -0.25) is 0 Å². The average molecular weight is 495 g/mol. The highest BCUT2D eigenvalue weighted by Crippen LogP contribution is 2.35. The summed E-state index contributed by atoms with van der Waals surface area (Å²) in [6.45, 7) is 5.56. The summed E-state index contributed by atoms with van der Waals surface area (Å²) in [7, 11) is 0. The van der Waals surface area contributed by atoms with E-state index < -0.39 is 0 Å². The minimum absolute atomic E-state index is 0.323. The Bertz CT molecular complexity index is 1370. The van der Waals surface area contributed by atoms with Crippen molar-refractivity contribution in [2.24, 2.45) is 0 Å². The Morgan fingerprint density at radius 2 is 1.73 bits per heavy atom. The van der Waals surface area contributed by atoms with Crippen LogP contribution in [0.25, 0.3) is 5.52 Å². The van der Waals surface area contributed by atoms with Gasteiger partial charge in [0.25, 0.3) is 0 Å². The Labute approximate surface area is 218 Å². The van der Waals surface area contributed by atoms with Gasteiger partial charge in [0, 0.05) is 29.9 Å². The van der Waals surface area contributed by atoms with E-state index in [0.29, 0.717) is 24.3 Å². The largest absolute Gasteiger partial charge is 0.494 e. The molecule has 0 spiro atoms. The number of fused-ring (bicyclic) bond motifs is 1. The molecule has 0 aliphatic heterocycles. The molecule has 7 nitrogen and oxygen atoms in total. The van der Waals surface area contributed by atoms with Crippen molar-refractivity contribution in [3.8, 4) is 11.8 Å². The van der Waals surface area contributed by atoms with Crippen LogP contribution in [0.3, 0.4) is 0 Å². The summed E-state index contributed by atoms with van der Waals surface area (Å²) in [6, 6.07) is 23.6. The maximum Gasteiger partial charge on any atom is 0.137 e. The zero-order chi connectivity index (χ0) is 25.6. The molecule has 0 amide bonds. The number of rotatable bonds is 9. The number of benzene rings is 2. The van der Waals surface area contributed by atoms with Crippen LogP contribution in [0.2, 0.25) is 0 Å². The number of nitrogens with zero attached hydrogens (tertiary/aromatic N) is 3. The lowest BCUT2D eigenvalue weighted by molar-refractivity contribution is 0.340. The van der Waals surface area contributed by atoms with Crippen molar-refractivity contribution in [1.29, 1.82) is 5.26 Å². The van der Waals surface area contributed by atoms with Gasteiger partial charge in [-0.1, -0.05) is 30.3 Å². The summed E-state index contributed by atoms with van der Waals surface area (Å²) in [5, 5.41) is 25.6. The molecule has 1 aliphatic rings. The zero-order valence-corrected chi connectivity index (χ0v) is 21.5. The molecule has 2 aromatic heterocycles. The normalized spacial score (nSPS) is 17.3. The lowest BCUT2D eigenvalue weighted by atomic mass is 9.90. The lowest BCUT2D eigenvalue weighted by Crippen LogP contribution is -2.36. The molecule has 2 aromatic carbocycles. The van der Waals surface area contributed by atoms with Gasteiger partial charge in [-0.25, -0.2) is 4.52 Å². The van der Waals surface area contributed by atoms with Crippen LogP contribution in [-0.2, 0) is 6.54 Å². The van der Waals surface area contributed by atoms with Crippen molar-refractivity contribution in [3.05, 3.63) is 83.6 Å². The molecular weight excluding hydrogens is 460 g/mol. The van der Waals surface area contributed by atoms with Crippen LogP contribution in [-0.4, -0.2) is 28.3 Å². The van der Waals surface area contributed by atoms with E-state index in [1.807, 2.05) is 48.7 Å². The molecule has 5 rings (SSSR count). The second-order valence-corrected chi connectivity index (χ2v) is 9.61. The van der Waals surface area contributed by atoms with Crippen LogP contribution in [0.15, 0.2) is 66.9 Å². The fraction of sp³-hybridized carbons (Fsp3) is 0.333. The SMILES string of the molecule is CCOc1ccc(Nc2c(C)c(N[C@H]3CC[C@H](NCc4ccccc4)CC3)c(C#N)c3ccnn23)cc1. The van der Waals surface area contributed by atoms with E-state index in [0.717, 1.165) is 66.3 Å². The van der Waals surface area contributed by atoms with Crippen LogP contribution >= 0.6 is 0 Å². The van der Waals surface area contributed by atoms with E-state index >= 15 is 0 Å². The standard InChI is InChI=1S/C30H34N6O/c1-3-37-26-15-13-25(14-16-26)35-30-21(2)29(27(19-31)28-17-18-33-36(28)30)34-24-11-9-23(10-12-24)32-20-22-7-5-4-6-8-22/h4-8,13-18,23-24,32,34-35H,3,9-12,20H2,1-2H3/t23-,24-. The van der Waals surface area contributed by atoms with E-state index in [2.05, 4.69) is 57.5 Å². The van der Waals surface area contributed by atoms with Gasteiger partial charge < -0.3 is 20.7 Å². The number of aromatic nitrogens is 2. The summed E-state index contributed by atoms with van der Waals surface area (Å²) in [6.07, 6.45) is 6.08. The Morgan fingerprint density at radius 1 is 1.00 bits per heavy atom. The summed E-state index contributed by atoms with van der Waals surface area (Å²) in [5.41, 5.74) is 5.55. The third kappa shape index (κ3) is 5.55. The molecule has 1 fully saturated rings. The molecule has 3 N–H and O–H groups in total. The van der Waals surface area contributed by atoms with Gasteiger partial charge in [0.1, 0.15) is 23.2 Å². The number of ether oxygens (including phenoxy) is 1. The Kier molecular flexibility index (Phi) is 7.57. The summed E-state index contributed by atoms with van der Waals surface area (Å²) < 4.78 is 7.40. The molecule has 4 aromatic rings. The van der Waals surface area contributed by atoms with Crippen molar-refractivity contribution in [1.82, 2.24) is 14.9 Å². The fourth-order valence-electron chi connectivity index (χ4n) is 5.15. The third-order valence-corrected chi connectivity index (χ3v) is 7.14. The monoisotopic (exact) mass is 494 g/mol. The first-order valence-corrected chi connectivity index (χ1v) is 13.1. The first-order valence-electron chi connectivity index (χ1n) is 13.1. The second kappa shape index (κ2) is 11.4. The predicted molar refractivity (Wildman–Crippen MR) is 148 cm³/mol. The Morgan fingerprint density at radius 3 is 2.43 bits per heavy atom. The van der Waals surface area contributed by atoms with Crippen LogP contribution in [0, 0.1) is 18.3 Å². The lowest BCUT2D eigenvalue weighted by Gasteiger charge is -2.31. The van der Waals surface area contributed by atoms with Crippen molar-refractivity contribution >= 4 is 22.7 Å². The van der Waals surface area contributed by atoms with E-state index in [1.54, 1.807) is 6.20 Å². The van der Waals surface area contributed by atoms with E-state index in [9.17, 15) is 5.26 Å². The molecule has 1 aliphatic carbocycles. The molecule has 1 saturated carbocycles. The molecule has 0 atom stereocenters. The van der Waals surface area contributed by atoms with Gasteiger partial charge in [-0.2, -0.15) is 10.4 Å². The molecule has 2 heterocycles. The first kappa shape index (κ1) is 24.7. The number of hydrogen-bond acceptors (Lipinski definition) is 6. The molecule has 0 saturated heterocycles. The van der Waals surface area contributed by atoms with Gasteiger partial charge in [0.05, 0.1) is 24.0 Å². The highest BCUT2D eigenvalue weighted by Gasteiger charge is 2.24. The van der Waals surface area contributed by atoms with Crippen molar-refractivity contribution in [3.63, 3.8) is 0 Å². The molecular formula is C30H34N6O. The van der Waals surface area contributed by atoms with Crippen LogP contribution < -0.4 is 20.7 Å². The summed E-state index contributed by atoms with van der Waals surface area (Å²) >= 11 is 0.